The number of phenols is 1. The minimum Gasteiger partial charge on any atom is -0.507 e. The van der Waals surface area contributed by atoms with Gasteiger partial charge in [0.2, 0.25) is 0 Å². The van der Waals surface area contributed by atoms with Crippen LogP contribution in [0.25, 0.3) is 0 Å². The largest absolute Gasteiger partial charge is 0.507 e. The van der Waals surface area contributed by atoms with Crippen molar-refractivity contribution in [2.45, 2.75) is 6.61 Å². The summed E-state index contributed by atoms with van der Waals surface area (Å²) in [4.78, 5) is 0. The molecule has 0 spiro atoms. The van der Waals surface area contributed by atoms with Gasteiger partial charge in [-0.1, -0.05) is 0 Å². The molecule has 0 saturated carbocycles. The van der Waals surface area contributed by atoms with Crippen molar-refractivity contribution in [3.63, 3.8) is 0 Å². The summed E-state index contributed by atoms with van der Waals surface area (Å²) in [6, 6.07) is 2.43. The molecule has 0 aliphatic heterocycles. The molecule has 13 heavy (non-hydrogen) atoms. The van der Waals surface area contributed by atoms with E-state index in [1.165, 1.54) is 6.07 Å². The van der Waals surface area contributed by atoms with E-state index in [-0.39, 0.29) is 11.5 Å². The lowest BCUT2D eigenvalue weighted by molar-refractivity contribution is -0.0499. The molecule has 72 valence electrons. The third-order valence-corrected chi connectivity index (χ3v) is 3.20. The second kappa shape index (κ2) is 4.23. The number of hydrogen-bond donors (Lipinski definition) is 1. The highest BCUT2D eigenvalue weighted by molar-refractivity contribution is 9.13. The quantitative estimate of drug-likeness (QED) is 0.904. The highest BCUT2D eigenvalue weighted by Crippen LogP contribution is 2.36. The molecule has 0 saturated heterocycles. The molecule has 0 radical (unpaired) electrons. The molecule has 1 aromatic rings. The summed E-state index contributed by atoms with van der Waals surface area (Å²) in [7, 11) is 0. The number of aromatic hydroxyl groups is 1. The number of alkyl halides is 2. The van der Waals surface area contributed by atoms with E-state index >= 15 is 0 Å². The number of ether oxygens (including phenoxy) is 1. The van der Waals surface area contributed by atoms with E-state index in [0.717, 1.165) is 6.07 Å². The van der Waals surface area contributed by atoms with Crippen LogP contribution < -0.4 is 4.74 Å². The van der Waals surface area contributed by atoms with Gasteiger partial charge in [-0.05, 0) is 37.9 Å². The molecule has 2 nitrogen and oxygen atoms in total. The summed E-state index contributed by atoms with van der Waals surface area (Å²) in [5, 5.41) is 9.19. The van der Waals surface area contributed by atoms with Gasteiger partial charge in [-0.25, -0.2) is 0 Å². The van der Waals surface area contributed by atoms with Gasteiger partial charge in [0.15, 0.2) is 0 Å². The molecule has 1 N–H and O–H groups in total. The van der Waals surface area contributed by atoms with E-state index in [0.29, 0.717) is 8.95 Å². The Labute approximate surface area is 89.8 Å². The van der Waals surface area contributed by atoms with E-state index in [1.54, 1.807) is 0 Å². The zero-order valence-corrected chi connectivity index (χ0v) is 9.27. The van der Waals surface area contributed by atoms with E-state index in [4.69, 9.17) is 0 Å². The van der Waals surface area contributed by atoms with E-state index in [1.807, 2.05) is 0 Å². The van der Waals surface area contributed by atoms with Crippen LogP contribution in [0.15, 0.2) is 21.1 Å². The van der Waals surface area contributed by atoms with Gasteiger partial charge in [0.05, 0.1) is 4.47 Å². The Balaban J connectivity index is 2.99. The lowest BCUT2D eigenvalue weighted by Crippen LogP contribution is -2.01. The van der Waals surface area contributed by atoms with Crippen LogP contribution in [0.5, 0.6) is 11.5 Å². The van der Waals surface area contributed by atoms with Crippen LogP contribution in [0.1, 0.15) is 0 Å². The Morgan fingerprint density at radius 1 is 1.31 bits per heavy atom. The average Bonchev–Trinajstić information content (AvgIpc) is 1.98. The molecule has 0 aliphatic carbocycles. The van der Waals surface area contributed by atoms with Gasteiger partial charge in [0, 0.05) is 10.5 Å². The maximum atomic E-state index is 11.8. The third-order valence-electron chi connectivity index (χ3n) is 1.21. The number of halogens is 4. The second-order valence-electron chi connectivity index (χ2n) is 2.12. The Morgan fingerprint density at radius 2 is 1.92 bits per heavy atom. The van der Waals surface area contributed by atoms with Crippen LogP contribution in [-0.4, -0.2) is 11.7 Å². The number of hydrogen-bond acceptors (Lipinski definition) is 2. The molecule has 0 atom stereocenters. The fourth-order valence-electron chi connectivity index (χ4n) is 0.721. The molecule has 0 bridgehead atoms. The summed E-state index contributed by atoms with van der Waals surface area (Å²) in [5.41, 5.74) is 0. The van der Waals surface area contributed by atoms with Crippen LogP contribution in [-0.2, 0) is 0 Å². The zero-order chi connectivity index (χ0) is 10.0. The highest BCUT2D eigenvalue weighted by atomic mass is 79.9. The number of benzene rings is 1. The first-order valence-corrected chi connectivity index (χ1v) is 4.72. The molecular weight excluding hydrogens is 314 g/mol. The molecule has 6 heteroatoms. The van der Waals surface area contributed by atoms with Gasteiger partial charge in [0.25, 0.3) is 0 Å². The van der Waals surface area contributed by atoms with Gasteiger partial charge in [-0.3, -0.25) is 0 Å². The first kappa shape index (κ1) is 10.7. The first-order valence-electron chi connectivity index (χ1n) is 3.13. The molecule has 0 aliphatic rings. The molecule has 0 amide bonds. The fraction of sp³-hybridized carbons (Fsp3) is 0.143. The van der Waals surface area contributed by atoms with Crippen molar-refractivity contribution in [1.29, 1.82) is 0 Å². The lowest BCUT2D eigenvalue weighted by atomic mass is 10.3. The lowest BCUT2D eigenvalue weighted by Gasteiger charge is -2.06. The van der Waals surface area contributed by atoms with Crippen LogP contribution in [0.4, 0.5) is 8.78 Å². The van der Waals surface area contributed by atoms with Crippen LogP contribution in [0, 0.1) is 0 Å². The minimum atomic E-state index is -2.90. The van der Waals surface area contributed by atoms with Crippen LogP contribution >= 0.6 is 31.9 Å². The molecular formula is C7H4Br2F2O2. The van der Waals surface area contributed by atoms with Gasteiger partial charge >= 0.3 is 6.61 Å². The predicted molar refractivity (Wildman–Crippen MR) is 50.1 cm³/mol. The Bertz CT molecular complexity index is 294. The number of phenolic OH excluding ortho intramolecular Hbond substituents is 1. The van der Waals surface area contributed by atoms with Crippen molar-refractivity contribution in [3.8, 4) is 11.5 Å². The second-order valence-corrected chi connectivity index (χ2v) is 3.76. The van der Waals surface area contributed by atoms with Crippen molar-refractivity contribution in [2.24, 2.45) is 0 Å². The molecule has 1 aromatic carbocycles. The smallest absolute Gasteiger partial charge is 0.387 e. The first-order chi connectivity index (χ1) is 6.00. The average molecular weight is 318 g/mol. The summed E-state index contributed by atoms with van der Waals surface area (Å²) >= 11 is 6.09. The SMILES string of the molecule is Oc1cc(OC(F)F)cc(Br)c1Br. The summed E-state index contributed by atoms with van der Waals surface area (Å²) < 4.78 is 28.4. The maximum absolute atomic E-state index is 11.8. The minimum absolute atomic E-state index is 0.0948. The predicted octanol–water partition coefficient (Wildman–Crippen LogP) is 3.52. The Kier molecular flexibility index (Phi) is 3.49. The van der Waals surface area contributed by atoms with Crippen molar-refractivity contribution >= 4 is 31.9 Å². The van der Waals surface area contributed by atoms with Crippen molar-refractivity contribution < 1.29 is 18.6 Å². The van der Waals surface area contributed by atoms with E-state index in [2.05, 4.69) is 36.6 Å². The van der Waals surface area contributed by atoms with Gasteiger partial charge in [-0.15, -0.1) is 0 Å². The van der Waals surface area contributed by atoms with E-state index < -0.39 is 6.61 Å². The third kappa shape index (κ3) is 2.80. The molecule has 0 fully saturated rings. The fourth-order valence-corrected chi connectivity index (χ4v) is 1.38. The van der Waals surface area contributed by atoms with Crippen LogP contribution in [0.2, 0.25) is 0 Å². The van der Waals surface area contributed by atoms with E-state index in [9.17, 15) is 13.9 Å². The monoisotopic (exact) mass is 316 g/mol. The normalized spacial score (nSPS) is 10.5. The highest BCUT2D eigenvalue weighted by Gasteiger charge is 2.09. The van der Waals surface area contributed by atoms with Crippen molar-refractivity contribution in [3.05, 3.63) is 21.1 Å². The summed E-state index contributed by atoms with van der Waals surface area (Å²) in [6.07, 6.45) is 0. The molecule has 0 heterocycles. The topological polar surface area (TPSA) is 29.5 Å². The van der Waals surface area contributed by atoms with Gasteiger partial charge in [-0.2, -0.15) is 8.78 Å². The van der Waals surface area contributed by atoms with Gasteiger partial charge in [0.1, 0.15) is 11.5 Å². The van der Waals surface area contributed by atoms with Crippen molar-refractivity contribution in [1.82, 2.24) is 0 Å². The Morgan fingerprint density at radius 3 is 2.38 bits per heavy atom. The zero-order valence-electron chi connectivity index (χ0n) is 6.10. The molecule has 0 unspecified atom stereocenters. The summed E-state index contributed by atoms with van der Waals surface area (Å²) in [5.74, 6) is -0.257. The maximum Gasteiger partial charge on any atom is 0.387 e. The Hall–Kier alpha value is -0.360. The molecule has 0 aromatic heterocycles. The molecule has 1 rings (SSSR count). The van der Waals surface area contributed by atoms with Crippen LogP contribution in [0.3, 0.4) is 0 Å². The standard InChI is InChI=1S/C7H4Br2F2O2/c8-4-1-3(13-7(10)11)2-5(12)6(4)9/h1-2,7,12H. The summed E-state index contributed by atoms with van der Waals surface area (Å²) in [6.45, 7) is -2.90. The number of rotatable bonds is 2. The van der Waals surface area contributed by atoms with Gasteiger partial charge < -0.3 is 9.84 Å². The van der Waals surface area contributed by atoms with Crippen molar-refractivity contribution in [2.75, 3.05) is 0 Å².